The van der Waals surface area contributed by atoms with Crippen LogP contribution in [0.25, 0.3) is 11.2 Å². The van der Waals surface area contributed by atoms with Gasteiger partial charge in [0, 0.05) is 35.5 Å². The molecule has 0 aliphatic rings. The molecular weight excluding hydrogens is 294 g/mol. The summed E-state index contributed by atoms with van der Waals surface area (Å²) in [5.41, 5.74) is 6.36. The summed E-state index contributed by atoms with van der Waals surface area (Å²) < 4.78 is 2.13. The van der Waals surface area contributed by atoms with Gasteiger partial charge in [0.2, 0.25) is 0 Å². The molecule has 0 N–H and O–H groups in total. The zero-order chi connectivity index (χ0) is 18.1. The molecule has 0 saturated heterocycles. The van der Waals surface area contributed by atoms with E-state index in [9.17, 15) is 0 Å². The Bertz CT molecular complexity index is 785. The molecule has 0 aliphatic heterocycles. The molecule has 0 bridgehead atoms. The fourth-order valence-corrected chi connectivity index (χ4v) is 2.43. The molecule has 0 atom stereocenters. The van der Waals surface area contributed by atoms with Crippen molar-refractivity contribution in [2.75, 3.05) is 0 Å². The summed E-state index contributed by atoms with van der Waals surface area (Å²) in [7, 11) is 0. The molecule has 0 radical (unpaired) electrons. The van der Waals surface area contributed by atoms with E-state index in [4.69, 9.17) is 0 Å². The van der Waals surface area contributed by atoms with Crippen molar-refractivity contribution in [3.05, 3.63) is 71.9 Å². The van der Waals surface area contributed by atoms with Crippen LogP contribution in [0.15, 0.2) is 49.4 Å². The van der Waals surface area contributed by atoms with Gasteiger partial charge in [0.15, 0.2) is 0 Å². The third kappa shape index (κ3) is 4.10. The van der Waals surface area contributed by atoms with E-state index in [0.717, 1.165) is 34.5 Å². The average molecular weight is 323 g/mol. The van der Waals surface area contributed by atoms with E-state index in [1.807, 2.05) is 52.9 Å². The monoisotopic (exact) mass is 323 g/mol. The van der Waals surface area contributed by atoms with Crippen LogP contribution >= 0.6 is 0 Å². The molecule has 0 aliphatic carbocycles. The van der Waals surface area contributed by atoms with Crippen LogP contribution in [0.5, 0.6) is 0 Å². The van der Waals surface area contributed by atoms with Gasteiger partial charge < -0.3 is 4.40 Å². The van der Waals surface area contributed by atoms with Crippen molar-refractivity contribution in [1.82, 2.24) is 14.4 Å². The minimum atomic E-state index is 0.961. The molecule has 3 rings (SSSR count). The average Bonchev–Trinajstić information content (AvgIpc) is 3.07. The Morgan fingerprint density at radius 1 is 1.08 bits per heavy atom. The Labute approximate surface area is 146 Å². The second kappa shape index (κ2) is 9.66. The first kappa shape index (κ1) is 19.6. The summed E-state index contributed by atoms with van der Waals surface area (Å²) in [6, 6.07) is 8.10. The van der Waals surface area contributed by atoms with E-state index < -0.39 is 0 Å². The maximum atomic E-state index is 4.40. The summed E-state index contributed by atoms with van der Waals surface area (Å²) in [6.45, 7) is 16.4. The largest absolute Gasteiger partial charge is 0.303 e. The molecule has 3 heteroatoms. The Hall–Kier alpha value is -2.42. The molecule has 0 fully saturated rings. The Morgan fingerprint density at radius 2 is 1.79 bits per heavy atom. The van der Waals surface area contributed by atoms with Gasteiger partial charge in [-0.2, -0.15) is 0 Å². The molecule has 0 unspecified atom stereocenters. The number of imidazole rings is 1. The number of hydrogen-bond donors (Lipinski definition) is 0. The highest BCUT2D eigenvalue weighted by atomic mass is 15.0. The lowest BCUT2D eigenvalue weighted by atomic mass is 10.00. The van der Waals surface area contributed by atoms with Crippen molar-refractivity contribution in [3.8, 4) is 0 Å². The SMILES string of the molecule is C=C(c1ccc2ncc(CC)n2c1)c1cccnc1C.CC.CC. The van der Waals surface area contributed by atoms with Crippen molar-refractivity contribution in [3.63, 3.8) is 0 Å². The van der Waals surface area contributed by atoms with Crippen LogP contribution in [-0.2, 0) is 6.42 Å². The van der Waals surface area contributed by atoms with Gasteiger partial charge in [-0.05, 0) is 42.7 Å². The van der Waals surface area contributed by atoms with Gasteiger partial charge in [-0.25, -0.2) is 4.98 Å². The number of hydrogen-bond acceptors (Lipinski definition) is 2. The van der Waals surface area contributed by atoms with Gasteiger partial charge in [-0.15, -0.1) is 0 Å². The Balaban J connectivity index is 0.000000671. The highest BCUT2D eigenvalue weighted by molar-refractivity contribution is 5.79. The van der Waals surface area contributed by atoms with Gasteiger partial charge >= 0.3 is 0 Å². The van der Waals surface area contributed by atoms with Crippen molar-refractivity contribution >= 4 is 11.2 Å². The van der Waals surface area contributed by atoms with Crippen molar-refractivity contribution < 1.29 is 0 Å². The number of nitrogens with zero attached hydrogens (tertiary/aromatic N) is 3. The molecule has 0 spiro atoms. The second-order valence-electron chi connectivity index (χ2n) is 4.86. The summed E-state index contributed by atoms with van der Waals surface area (Å²) >= 11 is 0. The van der Waals surface area contributed by atoms with Crippen molar-refractivity contribution in [2.24, 2.45) is 0 Å². The first-order chi connectivity index (χ1) is 11.7. The number of aromatic nitrogens is 3. The number of aryl methyl sites for hydroxylation is 2. The summed E-state index contributed by atoms with van der Waals surface area (Å²) in [6.07, 6.45) is 6.80. The molecule has 3 nitrogen and oxygen atoms in total. The zero-order valence-electron chi connectivity index (χ0n) is 15.8. The molecule has 3 aromatic heterocycles. The Morgan fingerprint density at radius 3 is 2.42 bits per heavy atom. The van der Waals surface area contributed by atoms with Gasteiger partial charge in [-0.1, -0.05) is 47.3 Å². The molecule has 0 saturated carbocycles. The van der Waals surface area contributed by atoms with E-state index in [2.05, 4.69) is 46.2 Å². The molecule has 3 heterocycles. The lowest BCUT2D eigenvalue weighted by Gasteiger charge is -2.10. The van der Waals surface area contributed by atoms with Crippen molar-refractivity contribution in [2.45, 2.75) is 48.0 Å². The lowest BCUT2D eigenvalue weighted by Crippen LogP contribution is -1.96. The predicted octanol–water partition coefficient (Wildman–Crippen LogP) is 5.71. The predicted molar refractivity (Wildman–Crippen MR) is 104 cm³/mol. The quantitative estimate of drug-likeness (QED) is 0.617. The second-order valence-corrected chi connectivity index (χ2v) is 4.86. The first-order valence-corrected chi connectivity index (χ1v) is 8.78. The molecular formula is C21H29N3. The van der Waals surface area contributed by atoms with Crippen LogP contribution < -0.4 is 0 Å². The minimum Gasteiger partial charge on any atom is -0.303 e. The molecule has 128 valence electrons. The van der Waals surface area contributed by atoms with E-state index in [-0.39, 0.29) is 0 Å². The number of fused-ring (bicyclic) bond motifs is 1. The minimum absolute atomic E-state index is 0.961. The highest BCUT2D eigenvalue weighted by Gasteiger charge is 2.08. The van der Waals surface area contributed by atoms with Crippen LogP contribution in [0, 0.1) is 6.92 Å². The number of pyridine rings is 2. The maximum Gasteiger partial charge on any atom is 0.136 e. The van der Waals surface area contributed by atoms with Gasteiger partial charge in [0.1, 0.15) is 5.65 Å². The standard InChI is InChI=1S/C17H17N3.2C2H6/c1-4-15-10-19-17-8-7-14(11-20(15)17)12(2)16-6-5-9-18-13(16)3;2*1-2/h5-11H,2,4H2,1,3H3;2*1-2H3. The van der Waals surface area contributed by atoms with E-state index in [1.54, 1.807) is 6.20 Å². The fraction of sp³-hybridized carbons (Fsp3) is 0.333. The molecule has 3 aromatic rings. The molecule has 0 amide bonds. The summed E-state index contributed by atoms with van der Waals surface area (Å²) in [4.78, 5) is 8.73. The van der Waals surface area contributed by atoms with Gasteiger partial charge in [0.05, 0.1) is 0 Å². The van der Waals surface area contributed by atoms with Gasteiger partial charge in [0.25, 0.3) is 0 Å². The Kier molecular flexibility index (Phi) is 7.90. The number of rotatable bonds is 3. The van der Waals surface area contributed by atoms with E-state index >= 15 is 0 Å². The van der Waals surface area contributed by atoms with Crippen molar-refractivity contribution in [1.29, 1.82) is 0 Å². The summed E-state index contributed by atoms with van der Waals surface area (Å²) in [5.74, 6) is 0. The van der Waals surface area contributed by atoms with E-state index in [1.165, 1.54) is 5.69 Å². The third-order valence-electron chi connectivity index (χ3n) is 3.62. The zero-order valence-corrected chi connectivity index (χ0v) is 15.8. The topological polar surface area (TPSA) is 30.2 Å². The molecule has 24 heavy (non-hydrogen) atoms. The first-order valence-electron chi connectivity index (χ1n) is 8.78. The maximum absolute atomic E-state index is 4.40. The normalized spacial score (nSPS) is 9.58. The van der Waals surface area contributed by atoms with Crippen LogP contribution in [-0.4, -0.2) is 14.4 Å². The summed E-state index contributed by atoms with van der Waals surface area (Å²) in [5, 5.41) is 0. The van der Waals surface area contributed by atoms with Gasteiger partial charge in [-0.3, -0.25) is 4.98 Å². The van der Waals surface area contributed by atoms with E-state index in [0.29, 0.717) is 0 Å². The smallest absolute Gasteiger partial charge is 0.136 e. The lowest BCUT2D eigenvalue weighted by molar-refractivity contribution is 0.993. The van der Waals surface area contributed by atoms with Crippen LogP contribution in [0.4, 0.5) is 0 Å². The highest BCUT2D eigenvalue weighted by Crippen LogP contribution is 2.24. The van der Waals surface area contributed by atoms with Crippen LogP contribution in [0.1, 0.15) is 57.1 Å². The molecule has 0 aromatic carbocycles. The fourth-order valence-electron chi connectivity index (χ4n) is 2.43. The third-order valence-corrected chi connectivity index (χ3v) is 3.62. The van der Waals surface area contributed by atoms with Crippen LogP contribution in [0.3, 0.4) is 0 Å². The van der Waals surface area contributed by atoms with Crippen LogP contribution in [0.2, 0.25) is 0 Å².